The largest absolute Gasteiger partial charge is 0.352 e. The minimum Gasteiger partial charge on any atom is -0.352 e. The molecule has 1 amide bonds. The number of carbonyl (C=O) groups is 1. The Bertz CT molecular complexity index is 317. The van der Waals surface area contributed by atoms with Crippen molar-refractivity contribution in [3.63, 3.8) is 0 Å². The Kier molecular flexibility index (Phi) is 4.46. The van der Waals surface area contributed by atoms with E-state index in [9.17, 15) is 9.18 Å². The first kappa shape index (κ1) is 11.0. The van der Waals surface area contributed by atoms with Gasteiger partial charge in [-0.05, 0) is 23.4 Å². The normalized spacial score (nSPS) is 9.86. The quantitative estimate of drug-likeness (QED) is 0.733. The molecule has 0 aliphatic carbocycles. The average molecular weight is 213 g/mol. The number of hydrogen-bond acceptors (Lipinski definition) is 2. The lowest BCUT2D eigenvalue weighted by Crippen LogP contribution is -2.22. The van der Waals surface area contributed by atoms with Crippen molar-refractivity contribution in [2.75, 3.05) is 5.75 Å². The number of amides is 1. The lowest BCUT2D eigenvalue weighted by atomic mass is 10.2. The molecule has 14 heavy (non-hydrogen) atoms. The number of thiol groups is 1. The zero-order chi connectivity index (χ0) is 10.4. The number of hydrogen-bond donors (Lipinski definition) is 2. The molecule has 0 aliphatic rings. The topological polar surface area (TPSA) is 29.1 Å². The summed E-state index contributed by atoms with van der Waals surface area (Å²) in [5.74, 6) is 0.171. The second-order valence-corrected chi connectivity index (χ2v) is 3.33. The number of carbonyl (C=O) groups excluding carboxylic acids is 1. The first-order chi connectivity index (χ1) is 6.72. The molecule has 2 nitrogen and oxygen atoms in total. The van der Waals surface area contributed by atoms with Crippen molar-refractivity contribution < 1.29 is 9.18 Å². The van der Waals surface area contributed by atoms with Gasteiger partial charge >= 0.3 is 0 Å². The van der Waals surface area contributed by atoms with Gasteiger partial charge in [0.15, 0.2) is 0 Å². The first-order valence-electron chi connectivity index (χ1n) is 4.34. The zero-order valence-corrected chi connectivity index (χ0v) is 8.56. The van der Waals surface area contributed by atoms with Gasteiger partial charge in [-0.1, -0.05) is 12.1 Å². The van der Waals surface area contributed by atoms with Gasteiger partial charge in [0.1, 0.15) is 5.82 Å². The van der Waals surface area contributed by atoms with E-state index in [2.05, 4.69) is 17.9 Å². The zero-order valence-electron chi connectivity index (χ0n) is 7.66. The highest BCUT2D eigenvalue weighted by atomic mass is 32.1. The van der Waals surface area contributed by atoms with E-state index in [1.54, 1.807) is 12.1 Å². The van der Waals surface area contributed by atoms with Crippen LogP contribution in [0.3, 0.4) is 0 Å². The fourth-order valence-corrected chi connectivity index (χ4v) is 1.24. The molecule has 1 N–H and O–H groups in total. The van der Waals surface area contributed by atoms with E-state index in [1.807, 2.05) is 0 Å². The Morgan fingerprint density at radius 3 is 2.93 bits per heavy atom. The molecule has 0 saturated heterocycles. The highest BCUT2D eigenvalue weighted by molar-refractivity contribution is 7.80. The first-order valence-corrected chi connectivity index (χ1v) is 4.97. The third-order valence-corrected chi connectivity index (χ3v) is 1.94. The molecule has 0 saturated carbocycles. The Labute approximate surface area is 87.9 Å². The summed E-state index contributed by atoms with van der Waals surface area (Å²) in [5.41, 5.74) is 0.762. The van der Waals surface area contributed by atoms with E-state index in [4.69, 9.17) is 0 Å². The Balaban J connectivity index is 2.41. The Morgan fingerprint density at radius 1 is 1.50 bits per heavy atom. The molecule has 0 heterocycles. The van der Waals surface area contributed by atoms with Crippen molar-refractivity contribution in [1.29, 1.82) is 0 Å². The van der Waals surface area contributed by atoms with Crippen LogP contribution in [0.1, 0.15) is 12.0 Å². The summed E-state index contributed by atoms with van der Waals surface area (Å²) < 4.78 is 12.7. The molecule has 1 rings (SSSR count). The van der Waals surface area contributed by atoms with Crippen LogP contribution in [-0.2, 0) is 11.3 Å². The average Bonchev–Trinajstić information content (AvgIpc) is 2.15. The second-order valence-electron chi connectivity index (χ2n) is 2.88. The van der Waals surface area contributed by atoms with Crippen LogP contribution in [0.4, 0.5) is 4.39 Å². The summed E-state index contributed by atoms with van der Waals surface area (Å²) in [6.45, 7) is 0.365. The van der Waals surface area contributed by atoms with Crippen molar-refractivity contribution >= 4 is 18.5 Å². The third-order valence-electron chi connectivity index (χ3n) is 1.72. The molecule has 0 fully saturated rings. The SMILES string of the molecule is O=C(CCS)NCc1cccc(F)c1. The molecule has 0 spiro atoms. The van der Waals surface area contributed by atoms with Gasteiger partial charge in [-0.15, -0.1) is 0 Å². The number of rotatable bonds is 4. The summed E-state index contributed by atoms with van der Waals surface area (Å²) >= 11 is 3.94. The van der Waals surface area contributed by atoms with Crippen LogP contribution in [-0.4, -0.2) is 11.7 Å². The van der Waals surface area contributed by atoms with Gasteiger partial charge in [0.2, 0.25) is 5.91 Å². The molecule has 0 atom stereocenters. The highest BCUT2D eigenvalue weighted by Crippen LogP contribution is 2.02. The standard InChI is InChI=1S/C10H12FNOS/c11-9-3-1-2-8(6-9)7-12-10(13)4-5-14/h1-3,6,14H,4-5,7H2,(H,12,13). The maximum absolute atomic E-state index is 12.7. The minimum atomic E-state index is -0.286. The maximum atomic E-state index is 12.7. The van der Waals surface area contributed by atoms with Gasteiger partial charge in [-0.3, -0.25) is 4.79 Å². The fraction of sp³-hybridized carbons (Fsp3) is 0.300. The van der Waals surface area contributed by atoms with Crippen LogP contribution in [0.15, 0.2) is 24.3 Å². The van der Waals surface area contributed by atoms with E-state index in [0.29, 0.717) is 18.7 Å². The van der Waals surface area contributed by atoms with Crippen molar-refractivity contribution in [1.82, 2.24) is 5.32 Å². The van der Waals surface area contributed by atoms with E-state index in [0.717, 1.165) is 5.56 Å². The molecular formula is C10H12FNOS. The van der Waals surface area contributed by atoms with E-state index in [-0.39, 0.29) is 11.7 Å². The molecule has 1 aromatic carbocycles. The van der Waals surface area contributed by atoms with Crippen LogP contribution >= 0.6 is 12.6 Å². The minimum absolute atomic E-state index is 0.0655. The Morgan fingerprint density at radius 2 is 2.29 bits per heavy atom. The molecule has 0 aliphatic heterocycles. The van der Waals surface area contributed by atoms with Crippen molar-refractivity contribution in [2.45, 2.75) is 13.0 Å². The fourth-order valence-electron chi connectivity index (χ4n) is 1.04. The number of halogens is 1. The van der Waals surface area contributed by atoms with Crippen LogP contribution in [0.5, 0.6) is 0 Å². The van der Waals surface area contributed by atoms with Crippen LogP contribution < -0.4 is 5.32 Å². The highest BCUT2D eigenvalue weighted by Gasteiger charge is 1.99. The molecule has 0 unspecified atom stereocenters. The predicted molar refractivity (Wildman–Crippen MR) is 56.7 cm³/mol. The monoisotopic (exact) mass is 213 g/mol. The smallest absolute Gasteiger partial charge is 0.221 e. The van der Waals surface area contributed by atoms with Gasteiger partial charge < -0.3 is 5.32 Å². The maximum Gasteiger partial charge on any atom is 0.221 e. The predicted octanol–water partition coefficient (Wildman–Crippen LogP) is 1.76. The lowest BCUT2D eigenvalue weighted by Gasteiger charge is -2.03. The van der Waals surface area contributed by atoms with Crippen molar-refractivity contribution in [3.8, 4) is 0 Å². The van der Waals surface area contributed by atoms with Crippen LogP contribution in [0.2, 0.25) is 0 Å². The molecule has 4 heteroatoms. The van der Waals surface area contributed by atoms with Gasteiger partial charge in [-0.25, -0.2) is 4.39 Å². The Hall–Kier alpha value is -1.03. The molecule has 0 radical (unpaired) electrons. The summed E-state index contributed by atoms with van der Waals surface area (Å²) in [5, 5.41) is 2.67. The van der Waals surface area contributed by atoms with E-state index < -0.39 is 0 Å². The van der Waals surface area contributed by atoms with Gasteiger partial charge in [0.25, 0.3) is 0 Å². The van der Waals surface area contributed by atoms with E-state index >= 15 is 0 Å². The van der Waals surface area contributed by atoms with Crippen molar-refractivity contribution in [3.05, 3.63) is 35.6 Å². The number of nitrogens with one attached hydrogen (secondary N) is 1. The summed E-state index contributed by atoms with van der Waals surface area (Å²) in [6, 6.07) is 6.17. The molecule has 0 aromatic heterocycles. The van der Waals surface area contributed by atoms with Crippen molar-refractivity contribution in [2.24, 2.45) is 0 Å². The summed E-state index contributed by atoms with van der Waals surface area (Å²) in [6.07, 6.45) is 0.387. The van der Waals surface area contributed by atoms with E-state index in [1.165, 1.54) is 12.1 Å². The van der Waals surface area contributed by atoms with Gasteiger partial charge in [-0.2, -0.15) is 12.6 Å². The summed E-state index contributed by atoms with van der Waals surface area (Å²) in [7, 11) is 0. The molecule has 76 valence electrons. The summed E-state index contributed by atoms with van der Waals surface area (Å²) in [4.78, 5) is 11.0. The number of benzene rings is 1. The lowest BCUT2D eigenvalue weighted by molar-refractivity contribution is -0.120. The van der Waals surface area contributed by atoms with Gasteiger partial charge in [0, 0.05) is 13.0 Å². The molecule has 0 bridgehead atoms. The molecular weight excluding hydrogens is 201 g/mol. The van der Waals surface area contributed by atoms with Crippen LogP contribution in [0.25, 0.3) is 0 Å². The second kappa shape index (κ2) is 5.65. The third kappa shape index (κ3) is 3.79. The van der Waals surface area contributed by atoms with Gasteiger partial charge in [0.05, 0.1) is 0 Å². The van der Waals surface area contributed by atoms with Crippen LogP contribution in [0, 0.1) is 5.82 Å². The molecule has 1 aromatic rings.